The summed E-state index contributed by atoms with van der Waals surface area (Å²) in [6.07, 6.45) is -3.80. The molecule has 2 amide bonds. The molecule has 0 unspecified atom stereocenters. The van der Waals surface area contributed by atoms with Crippen LogP contribution in [-0.2, 0) is 15.8 Å². The molecule has 1 fully saturated rings. The molecule has 126 valence electrons. The second-order valence-electron chi connectivity index (χ2n) is 5.35. The van der Waals surface area contributed by atoms with Gasteiger partial charge in [0.25, 0.3) is 0 Å². The normalized spacial score (nSPS) is 17.6. The minimum absolute atomic E-state index is 0.0417. The molecule has 0 radical (unpaired) electrons. The van der Waals surface area contributed by atoms with Crippen molar-refractivity contribution >= 4 is 17.5 Å². The first-order chi connectivity index (χ1) is 11.4. The summed E-state index contributed by atoms with van der Waals surface area (Å²) in [5.74, 6) is -1.64. The fraction of sp³-hybridized carbons (Fsp3) is 0.267. The summed E-state index contributed by atoms with van der Waals surface area (Å²) >= 11 is 0. The molecular formula is C15H13F3N4O2. The van der Waals surface area contributed by atoms with Gasteiger partial charge in [-0.05, 0) is 12.1 Å². The lowest BCUT2D eigenvalue weighted by Gasteiger charge is -2.14. The summed E-state index contributed by atoms with van der Waals surface area (Å²) in [4.78, 5) is 23.2. The molecule has 1 aliphatic rings. The van der Waals surface area contributed by atoms with Crippen LogP contribution in [0.5, 0.6) is 0 Å². The van der Waals surface area contributed by atoms with Gasteiger partial charge in [0.05, 0.1) is 23.5 Å². The molecule has 1 saturated heterocycles. The third-order valence-electron chi connectivity index (χ3n) is 3.64. The average molecular weight is 338 g/mol. The third-order valence-corrected chi connectivity index (χ3v) is 3.64. The quantitative estimate of drug-likeness (QED) is 0.898. The van der Waals surface area contributed by atoms with E-state index in [2.05, 4.69) is 15.7 Å². The maximum absolute atomic E-state index is 13.4. The molecule has 2 N–H and O–H groups in total. The van der Waals surface area contributed by atoms with Crippen molar-refractivity contribution in [3.63, 3.8) is 0 Å². The number of hydrogen-bond acceptors (Lipinski definition) is 3. The number of hydrogen-bond donors (Lipinski definition) is 2. The lowest BCUT2D eigenvalue weighted by atomic mass is 10.1. The van der Waals surface area contributed by atoms with Crippen LogP contribution in [0.15, 0.2) is 36.5 Å². The largest absolute Gasteiger partial charge is 0.435 e. The van der Waals surface area contributed by atoms with Crippen LogP contribution in [0.25, 0.3) is 5.69 Å². The SMILES string of the molecule is O=C1C[C@H](C(=O)Nc2cnn(-c3ccccc3)c2C(F)(F)F)CN1. The van der Waals surface area contributed by atoms with Crippen molar-refractivity contribution in [3.8, 4) is 5.69 Å². The summed E-state index contributed by atoms with van der Waals surface area (Å²) in [5, 5.41) is 8.45. The summed E-state index contributed by atoms with van der Waals surface area (Å²) in [6.45, 7) is 0.110. The summed E-state index contributed by atoms with van der Waals surface area (Å²) in [5.41, 5.74) is -1.28. The molecule has 0 aliphatic carbocycles. The molecule has 0 spiro atoms. The van der Waals surface area contributed by atoms with Crippen LogP contribution in [-0.4, -0.2) is 28.1 Å². The van der Waals surface area contributed by atoms with E-state index in [1.54, 1.807) is 18.2 Å². The Labute approximate surface area is 134 Å². The fourth-order valence-corrected chi connectivity index (χ4v) is 2.50. The number of anilines is 1. The molecule has 1 aliphatic heterocycles. The topological polar surface area (TPSA) is 76.0 Å². The zero-order chi connectivity index (χ0) is 17.3. The highest BCUT2D eigenvalue weighted by Gasteiger charge is 2.40. The van der Waals surface area contributed by atoms with Crippen molar-refractivity contribution in [1.82, 2.24) is 15.1 Å². The van der Waals surface area contributed by atoms with Crippen LogP contribution in [0.1, 0.15) is 12.1 Å². The lowest BCUT2D eigenvalue weighted by molar-refractivity contribution is -0.142. The Morgan fingerprint density at radius 1 is 1.29 bits per heavy atom. The van der Waals surface area contributed by atoms with E-state index in [4.69, 9.17) is 0 Å². The Morgan fingerprint density at radius 2 is 2.00 bits per heavy atom. The van der Waals surface area contributed by atoms with Gasteiger partial charge in [0, 0.05) is 13.0 Å². The van der Waals surface area contributed by atoms with Crippen molar-refractivity contribution in [2.75, 3.05) is 11.9 Å². The maximum atomic E-state index is 13.4. The highest BCUT2D eigenvalue weighted by molar-refractivity contribution is 5.97. The van der Waals surface area contributed by atoms with Crippen LogP contribution in [0.3, 0.4) is 0 Å². The Hall–Kier alpha value is -2.84. The first-order valence-electron chi connectivity index (χ1n) is 7.14. The number of para-hydroxylation sites is 1. The summed E-state index contributed by atoms with van der Waals surface area (Å²) < 4.78 is 41.0. The third kappa shape index (κ3) is 3.10. The van der Waals surface area contributed by atoms with Gasteiger partial charge in [-0.2, -0.15) is 18.3 Å². The number of nitrogens with one attached hydrogen (secondary N) is 2. The number of amides is 2. The average Bonchev–Trinajstić information content (AvgIpc) is 3.14. The van der Waals surface area contributed by atoms with Crippen LogP contribution < -0.4 is 10.6 Å². The summed E-state index contributed by atoms with van der Waals surface area (Å²) in [6, 6.07) is 7.81. The number of nitrogens with zero attached hydrogens (tertiary/aromatic N) is 2. The number of rotatable bonds is 3. The standard InChI is InChI=1S/C15H13F3N4O2/c16-15(17,18)13-11(21-14(24)9-6-12(23)19-7-9)8-20-22(13)10-4-2-1-3-5-10/h1-5,8-9H,6-7H2,(H,19,23)(H,21,24)/t9-/m0/s1. The van der Waals surface area contributed by atoms with Crippen molar-refractivity contribution < 1.29 is 22.8 Å². The van der Waals surface area contributed by atoms with E-state index in [9.17, 15) is 22.8 Å². The highest BCUT2D eigenvalue weighted by Crippen LogP contribution is 2.36. The Balaban J connectivity index is 1.92. The van der Waals surface area contributed by atoms with Gasteiger partial charge >= 0.3 is 6.18 Å². The molecule has 24 heavy (non-hydrogen) atoms. The van der Waals surface area contributed by atoms with Gasteiger partial charge in [-0.25, -0.2) is 4.68 Å². The van der Waals surface area contributed by atoms with Crippen LogP contribution in [0.2, 0.25) is 0 Å². The number of halogens is 3. The molecule has 3 rings (SSSR count). The number of benzene rings is 1. The monoisotopic (exact) mass is 338 g/mol. The van der Waals surface area contributed by atoms with E-state index in [1.165, 1.54) is 12.1 Å². The van der Waals surface area contributed by atoms with Gasteiger partial charge in [0.2, 0.25) is 11.8 Å². The second-order valence-corrected chi connectivity index (χ2v) is 5.35. The predicted octanol–water partition coefficient (Wildman–Crippen LogP) is 1.97. The fourth-order valence-electron chi connectivity index (χ4n) is 2.50. The van der Waals surface area contributed by atoms with Crippen molar-refractivity contribution in [2.45, 2.75) is 12.6 Å². The molecule has 0 saturated carbocycles. The van der Waals surface area contributed by atoms with Gasteiger partial charge in [-0.1, -0.05) is 18.2 Å². The van der Waals surface area contributed by atoms with Gasteiger partial charge in [0.1, 0.15) is 0 Å². The Kier molecular flexibility index (Phi) is 4.00. The van der Waals surface area contributed by atoms with Crippen LogP contribution in [0, 0.1) is 5.92 Å². The van der Waals surface area contributed by atoms with E-state index in [-0.39, 0.29) is 24.6 Å². The van der Waals surface area contributed by atoms with Gasteiger partial charge < -0.3 is 10.6 Å². The lowest BCUT2D eigenvalue weighted by Crippen LogP contribution is -2.26. The molecular weight excluding hydrogens is 325 g/mol. The van der Waals surface area contributed by atoms with Crippen molar-refractivity contribution in [2.24, 2.45) is 5.92 Å². The predicted molar refractivity (Wildman–Crippen MR) is 78.3 cm³/mol. The summed E-state index contributed by atoms with van der Waals surface area (Å²) in [7, 11) is 0. The smallest absolute Gasteiger partial charge is 0.355 e. The van der Waals surface area contributed by atoms with Crippen molar-refractivity contribution in [3.05, 3.63) is 42.2 Å². The maximum Gasteiger partial charge on any atom is 0.435 e. The molecule has 0 bridgehead atoms. The number of alkyl halides is 3. The van der Waals surface area contributed by atoms with E-state index < -0.39 is 29.4 Å². The van der Waals surface area contributed by atoms with Crippen LogP contribution in [0.4, 0.5) is 18.9 Å². The van der Waals surface area contributed by atoms with E-state index in [0.29, 0.717) is 0 Å². The van der Waals surface area contributed by atoms with Crippen molar-refractivity contribution in [1.29, 1.82) is 0 Å². The van der Waals surface area contributed by atoms with E-state index in [1.807, 2.05) is 0 Å². The van der Waals surface area contributed by atoms with E-state index in [0.717, 1.165) is 10.9 Å². The minimum Gasteiger partial charge on any atom is -0.355 e. The Morgan fingerprint density at radius 3 is 2.58 bits per heavy atom. The zero-order valence-electron chi connectivity index (χ0n) is 12.3. The first-order valence-corrected chi connectivity index (χ1v) is 7.14. The molecule has 6 nitrogen and oxygen atoms in total. The van der Waals surface area contributed by atoms with E-state index >= 15 is 0 Å². The Bertz CT molecular complexity index is 771. The van der Waals surface area contributed by atoms with Gasteiger partial charge in [-0.3, -0.25) is 9.59 Å². The van der Waals surface area contributed by atoms with Gasteiger partial charge in [0.15, 0.2) is 5.69 Å². The minimum atomic E-state index is -4.71. The van der Waals surface area contributed by atoms with Gasteiger partial charge in [-0.15, -0.1) is 0 Å². The molecule has 1 aromatic carbocycles. The number of aromatic nitrogens is 2. The second kappa shape index (κ2) is 5.99. The molecule has 2 heterocycles. The number of carbonyl (C=O) groups excluding carboxylic acids is 2. The highest BCUT2D eigenvalue weighted by atomic mass is 19.4. The first kappa shape index (κ1) is 16.0. The number of carbonyl (C=O) groups is 2. The molecule has 1 atom stereocenters. The molecule has 2 aromatic rings. The molecule has 9 heteroatoms. The molecule has 1 aromatic heterocycles. The zero-order valence-corrected chi connectivity index (χ0v) is 12.3. The van der Waals surface area contributed by atoms with Crippen LogP contribution >= 0.6 is 0 Å².